The number of carbonyl (C=O) groups excluding carboxylic acids is 1. The van der Waals surface area contributed by atoms with Gasteiger partial charge in [0.1, 0.15) is 11.2 Å². The van der Waals surface area contributed by atoms with Gasteiger partial charge in [0, 0.05) is 23.6 Å². The minimum absolute atomic E-state index is 0.00631. The molecule has 2 aromatic heterocycles. The summed E-state index contributed by atoms with van der Waals surface area (Å²) in [6, 6.07) is 0. The molecular formula is C20H27N7O2S2. The predicted octanol–water partition coefficient (Wildman–Crippen LogP) is 1.87. The van der Waals surface area contributed by atoms with E-state index in [2.05, 4.69) is 42.8 Å². The van der Waals surface area contributed by atoms with E-state index >= 15 is 0 Å². The van der Waals surface area contributed by atoms with Crippen molar-refractivity contribution < 1.29 is 9.53 Å². The number of thioether (sulfide) groups is 1. The molecule has 0 radical (unpaired) electrons. The largest absolute Gasteiger partial charge is 0.376 e. The maximum absolute atomic E-state index is 12.4. The Morgan fingerprint density at radius 2 is 2.23 bits per heavy atom. The number of carbonyl (C=O) groups is 1. The van der Waals surface area contributed by atoms with Crippen LogP contribution in [0.25, 0.3) is 5.00 Å². The summed E-state index contributed by atoms with van der Waals surface area (Å²) in [6.07, 6.45) is 7.26. The van der Waals surface area contributed by atoms with Crippen molar-refractivity contribution >= 4 is 35.0 Å². The lowest BCUT2D eigenvalue weighted by Gasteiger charge is -2.31. The maximum atomic E-state index is 12.4. The standard InChI is InChI=1S/C20H27N7O2S2/c1-11-22-17-16-13-6-2-3-7-14(13)31-18(16)26-19(27(17)25-11)23-24-20(26)30-10-15(28)21-9-12-5-4-8-29-12/h11-12,17,22,25H,2-10H2,1H3,(H,21,28)/t11?,12-,17?/m0/s1. The van der Waals surface area contributed by atoms with Crippen LogP contribution in [0.15, 0.2) is 5.16 Å². The lowest BCUT2D eigenvalue weighted by atomic mass is 9.94. The summed E-state index contributed by atoms with van der Waals surface area (Å²) in [5.41, 5.74) is 6.33. The van der Waals surface area contributed by atoms with Crippen LogP contribution in [0.4, 0.5) is 5.95 Å². The molecule has 1 aliphatic carbocycles. The van der Waals surface area contributed by atoms with E-state index in [1.807, 2.05) is 11.3 Å². The number of hydrogen-bond donors (Lipinski definition) is 3. The summed E-state index contributed by atoms with van der Waals surface area (Å²) in [7, 11) is 0. The molecule has 3 aliphatic heterocycles. The average molecular weight is 462 g/mol. The Morgan fingerprint density at radius 3 is 3.10 bits per heavy atom. The number of nitrogens with zero attached hydrogens (tertiary/aromatic N) is 4. The molecule has 31 heavy (non-hydrogen) atoms. The summed E-state index contributed by atoms with van der Waals surface area (Å²) in [5.74, 6) is 1.11. The van der Waals surface area contributed by atoms with Gasteiger partial charge in [-0.25, -0.2) is 9.99 Å². The zero-order chi connectivity index (χ0) is 20.9. The fraction of sp³-hybridized carbons (Fsp3) is 0.650. The number of thiophene rings is 1. The van der Waals surface area contributed by atoms with Gasteiger partial charge in [-0.15, -0.1) is 21.5 Å². The second kappa shape index (κ2) is 8.04. The molecule has 1 amide bonds. The molecule has 166 valence electrons. The van der Waals surface area contributed by atoms with Gasteiger partial charge in [-0.05, 0) is 51.0 Å². The summed E-state index contributed by atoms with van der Waals surface area (Å²) in [5, 5.41) is 19.7. The van der Waals surface area contributed by atoms with Crippen LogP contribution in [0.5, 0.6) is 0 Å². The molecule has 0 aromatic carbocycles. The molecular weight excluding hydrogens is 434 g/mol. The molecule has 2 unspecified atom stereocenters. The molecule has 3 N–H and O–H groups in total. The Bertz CT molecular complexity index is 1000. The fourth-order valence-corrected chi connectivity index (χ4v) is 7.18. The second-order valence-electron chi connectivity index (χ2n) is 8.57. The second-order valence-corrected chi connectivity index (χ2v) is 10.6. The number of amides is 1. The summed E-state index contributed by atoms with van der Waals surface area (Å²) < 4.78 is 7.73. The fourth-order valence-electron chi connectivity index (χ4n) is 4.95. The van der Waals surface area contributed by atoms with E-state index in [1.165, 1.54) is 45.6 Å². The van der Waals surface area contributed by atoms with E-state index in [4.69, 9.17) is 4.74 Å². The zero-order valence-corrected chi connectivity index (χ0v) is 19.2. The quantitative estimate of drug-likeness (QED) is 0.581. The van der Waals surface area contributed by atoms with Gasteiger partial charge in [0.25, 0.3) is 0 Å². The first-order valence-corrected chi connectivity index (χ1v) is 12.9. The summed E-state index contributed by atoms with van der Waals surface area (Å²) in [6.45, 7) is 3.50. The lowest BCUT2D eigenvalue weighted by molar-refractivity contribution is -0.119. The highest BCUT2D eigenvalue weighted by molar-refractivity contribution is 7.99. The molecule has 2 aromatic rings. The van der Waals surface area contributed by atoms with Crippen LogP contribution in [0.3, 0.4) is 0 Å². The van der Waals surface area contributed by atoms with E-state index in [0.717, 1.165) is 43.4 Å². The normalized spacial score (nSPS) is 26.4. The summed E-state index contributed by atoms with van der Waals surface area (Å²) in [4.78, 5) is 13.9. The third-order valence-corrected chi connectivity index (χ3v) is 8.60. The van der Waals surface area contributed by atoms with Crippen molar-refractivity contribution in [1.29, 1.82) is 0 Å². The number of aromatic nitrogens is 3. The van der Waals surface area contributed by atoms with E-state index in [9.17, 15) is 4.79 Å². The van der Waals surface area contributed by atoms with E-state index in [0.29, 0.717) is 12.3 Å². The molecule has 3 atom stereocenters. The number of aryl methyl sites for hydroxylation is 1. The van der Waals surface area contributed by atoms with E-state index in [-0.39, 0.29) is 24.3 Å². The lowest BCUT2D eigenvalue weighted by Crippen LogP contribution is -2.40. The molecule has 5 heterocycles. The van der Waals surface area contributed by atoms with Crippen LogP contribution >= 0.6 is 23.1 Å². The van der Waals surface area contributed by atoms with Crippen molar-refractivity contribution in [2.75, 3.05) is 23.9 Å². The minimum Gasteiger partial charge on any atom is -0.376 e. The third kappa shape index (κ3) is 3.46. The molecule has 2 fully saturated rings. The highest BCUT2D eigenvalue weighted by Crippen LogP contribution is 2.48. The van der Waals surface area contributed by atoms with Crippen molar-refractivity contribution in [2.24, 2.45) is 0 Å². The number of fused-ring (bicyclic) bond motifs is 8. The maximum Gasteiger partial charge on any atom is 0.249 e. The van der Waals surface area contributed by atoms with Crippen molar-refractivity contribution in [3.63, 3.8) is 0 Å². The van der Waals surface area contributed by atoms with Crippen molar-refractivity contribution in [3.8, 4) is 5.00 Å². The average Bonchev–Trinajstić information content (AvgIpc) is 3.54. The van der Waals surface area contributed by atoms with Gasteiger partial charge in [-0.1, -0.05) is 11.8 Å². The number of hydrogen-bond acceptors (Lipinski definition) is 9. The Hall–Kier alpha value is -1.66. The van der Waals surface area contributed by atoms with Gasteiger partial charge in [-0.3, -0.25) is 15.1 Å². The zero-order valence-electron chi connectivity index (χ0n) is 17.5. The van der Waals surface area contributed by atoms with Crippen LogP contribution in [0.2, 0.25) is 0 Å². The Balaban J connectivity index is 1.26. The van der Waals surface area contributed by atoms with Crippen LogP contribution in [0.1, 0.15) is 54.8 Å². The molecule has 0 spiro atoms. The number of anilines is 1. The number of rotatable bonds is 5. The molecule has 6 rings (SSSR count). The molecule has 11 heteroatoms. The Kier molecular flexibility index (Phi) is 5.18. The molecule has 0 saturated carbocycles. The topological polar surface area (TPSA) is 96.3 Å². The van der Waals surface area contributed by atoms with Crippen molar-refractivity contribution in [1.82, 2.24) is 30.8 Å². The predicted molar refractivity (Wildman–Crippen MR) is 120 cm³/mol. The Labute approximate surface area is 189 Å². The van der Waals surface area contributed by atoms with Gasteiger partial charge in [0.15, 0.2) is 5.16 Å². The summed E-state index contributed by atoms with van der Waals surface area (Å²) >= 11 is 3.31. The molecule has 2 saturated heterocycles. The van der Waals surface area contributed by atoms with Crippen LogP contribution < -0.4 is 21.1 Å². The van der Waals surface area contributed by atoms with E-state index < -0.39 is 0 Å². The van der Waals surface area contributed by atoms with Crippen LogP contribution in [0, 0.1) is 0 Å². The molecule has 4 aliphatic rings. The van der Waals surface area contributed by atoms with Gasteiger partial charge < -0.3 is 10.1 Å². The van der Waals surface area contributed by atoms with Gasteiger partial charge in [0.05, 0.1) is 18.0 Å². The molecule has 0 bridgehead atoms. The highest BCUT2D eigenvalue weighted by atomic mass is 32.2. The van der Waals surface area contributed by atoms with Crippen molar-refractivity contribution in [3.05, 3.63) is 16.0 Å². The van der Waals surface area contributed by atoms with Crippen LogP contribution in [-0.4, -0.2) is 51.8 Å². The number of hydrazine groups is 1. The molecule has 9 nitrogen and oxygen atoms in total. The smallest absolute Gasteiger partial charge is 0.249 e. The first kappa shape index (κ1) is 20.0. The van der Waals surface area contributed by atoms with Crippen molar-refractivity contribution in [2.45, 2.75) is 69.0 Å². The number of ether oxygens (including phenoxy) is 1. The SMILES string of the molecule is CC1NC2c3c(sc4c3CCCC4)-n3c(SCC(=O)NC[C@@H]4CCCO4)nnc3N2N1. The van der Waals surface area contributed by atoms with Crippen LogP contribution in [-0.2, 0) is 22.4 Å². The van der Waals surface area contributed by atoms with E-state index in [1.54, 1.807) is 0 Å². The number of nitrogens with one attached hydrogen (secondary N) is 3. The Morgan fingerprint density at radius 1 is 1.32 bits per heavy atom. The van der Waals surface area contributed by atoms with Gasteiger partial charge in [0.2, 0.25) is 11.9 Å². The first-order chi connectivity index (χ1) is 15.2. The van der Waals surface area contributed by atoms with Gasteiger partial charge in [-0.2, -0.15) is 0 Å². The minimum atomic E-state index is 0.00631. The third-order valence-electron chi connectivity index (χ3n) is 6.38. The van der Waals surface area contributed by atoms with Gasteiger partial charge >= 0.3 is 0 Å². The first-order valence-electron chi connectivity index (χ1n) is 11.1. The monoisotopic (exact) mass is 461 g/mol. The highest BCUT2D eigenvalue weighted by Gasteiger charge is 2.43.